The SMILES string of the molecule is Cc1cnc(SCc2c(C(=O)O)sc3ccccc23)nc1. The highest BCUT2D eigenvalue weighted by molar-refractivity contribution is 7.98. The Bertz CT molecular complexity index is 797. The summed E-state index contributed by atoms with van der Waals surface area (Å²) in [7, 11) is 0. The number of hydrogen-bond acceptors (Lipinski definition) is 5. The fourth-order valence-corrected chi connectivity index (χ4v) is 3.99. The Morgan fingerprint density at radius 1 is 1.29 bits per heavy atom. The number of thiophene rings is 1. The molecule has 4 nitrogen and oxygen atoms in total. The number of nitrogens with zero attached hydrogens (tertiary/aromatic N) is 2. The smallest absolute Gasteiger partial charge is 0.346 e. The first kappa shape index (κ1) is 14.0. The molecule has 0 saturated carbocycles. The van der Waals surface area contributed by atoms with E-state index in [9.17, 15) is 9.90 Å². The van der Waals surface area contributed by atoms with Crippen molar-refractivity contribution in [2.75, 3.05) is 0 Å². The molecule has 2 heterocycles. The molecule has 6 heteroatoms. The minimum Gasteiger partial charge on any atom is -0.477 e. The first-order valence-corrected chi connectivity index (χ1v) is 8.10. The molecule has 0 aliphatic carbocycles. The Hall–Kier alpha value is -1.92. The average molecular weight is 316 g/mol. The molecule has 1 aromatic carbocycles. The zero-order valence-electron chi connectivity index (χ0n) is 11.2. The largest absolute Gasteiger partial charge is 0.477 e. The molecule has 0 amide bonds. The van der Waals surface area contributed by atoms with Crippen molar-refractivity contribution >= 4 is 39.2 Å². The van der Waals surface area contributed by atoms with E-state index >= 15 is 0 Å². The third-order valence-corrected chi connectivity index (χ3v) is 5.10. The molecule has 0 unspecified atom stereocenters. The van der Waals surface area contributed by atoms with Crippen molar-refractivity contribution in [2.45, 2.75) is 17.8 Å². The maximum atomic E-state index is 11.4. The summed E-state index contributed by atoms with van der Waals surface area (Å²) in [4.78, 5) is 20.3. The summed E-state index contributed by atoms with van der Waals surface area (Å²) < 4.78 is 0.996. The Morgan fingerprint density at radius 3 is 2.71 bits per heavy atom. The van der Waals surface area contributed by atoms with Crippen LogP contribution in [0.1, 0.15) is 20.8 Å². The zero-order chi connectivity index (χ0) is 14.8. The van der Waals surface area contributed by atoms with Crippen molar-refractivity contribution in [1.29, 1.82) is 0 Å². The van der Waals surface area contributed by atoms with Crippen LogP contribution in [-0.4, -0.2) is 21.0 Å². The molecule has 3 aromatic rings. The van der Waals surface area contributed by atoms with E-state index in [0.717, 1.165) is 21.2 Å². The number of aryl methyl sites for hydroxylation is 1. The van der Waals surface area contributed by atoms with Gasteiger partial charge < -0.3 is 5.11 Å². The van der Waals surface area contributed by atoms with Crippen molar-refractivity contribution in [3.63, 3.8) is 0 Å². The number of benzene rings is 1. The lowest BCUT2D eigenvalue weighted by molar-refractivity contribution is 0.0701. The van der Waals surface area contributed by atoms with Gasteiger partial charge in [0.2, 0.25) is 0 Å². The summed E-state index contributed by atoms with van der Waals surface area (Å²) in [5.74, 6) is -0.328. The Labute approximate surface area is 129 Å². The number of carboxylic acids is 1. The van der Waals surface area contributed by atoms with E-state index in [0.29, 0.717) is 15.8 Å². The van der Waals surface area contributed by atoms with Gasteiger partial charge in [0.1, 0.15) is 4.88 Å². The first-order chi connectivity index (χ1) is 10.1. The number of carbonyl (C=O) groups is 1. The highest BCUT2D eigenvalue weighted by Gasteiger charge is 2.17. The minimum absolute atomic E-state index is 0.399. The van der Waals surface area contributed by atoms with Gasteiger partial charge in [0.25, 0.3) is 0 Å². The van der Waals surface area contributed by atoms with Gasteiger partial charge in [0.15, 0.2) is 5.16 Å². The molecular formula is C15H12N2O2S2. The molecule has 0 fully saturated rings. The fourth-order valence-electron chi connectivity index (χ4n) is 2.01. The third kappa shape index (κ3) is 2.91. The molecule has 3 rings (SSSR count). The van der Waals surface area contributed by atoms with Crippen molar-refractivity contribution in [1.82, 2.24) is 9.97 Å². The molecular weight excluding hydrogens is 304 g/mol. The van der Waals surface area contributed by atoms with E-state index in [-0.39, 0.29) is 0 Å². The quantitative estimate of drug-likeness (QED) is 0.582. The van der Waals surface area contributed by atoms with Crippen molar-refractivity contribution in [3.8, 4) is 0 Å². The molecule has 0 aliphatic heterocycles. The molecule has 0 atom stereocenters. The van der Waals surface area contributed by atoms with Gasteiger partial charge in [0, 0.05) is 22.8 Å². The number of aromatic nitrogens is 2. The molecule has 0 aliphatic rings. The second kappa shape index (κ2) is 5.83. The standard InChI is InChI=1S/C15H12N2O2S2/c1-9-6-16-15(17-7-9)20-8-11-10-4-2-3-5-12(10)21-13(11)14(18)19/h2-7H,8H2,1H3,(H,18,19). The van der Waals surface area contributed by atoms with Gasteiger partial charge in [0.05, 0.1) is 0 Å². The summed E-state index contributed by atoms with van der Waals surface area (Å²) in [6.07, 6.45) is 3.53. The van der Waals surface area contributed by atoms with Crippen LogP contribution in [0.2, 0.25) is 0 Å². The molecule has 0 bridgehead atoms. The second-order valence-electron chi connectivity index (χ2n) is 4.54. The van der Waals surface area contributed by atoms with E-state index < -0.39 is 5.97 Å². The van der Waals surface area contributed by atoms with Crippen LogP contribution in [0.3, 0.4) is 0 Å². The lowest BCUT2D eigenvalue weighted by Gasteiger charge is -2.02. The van der Waals surface area contributed by atoms with Crippen LogP contribution in [0.15, 0.2) is 41.8 Å². The third-order valence-electron chi connectivity index (χ3n) is 3.00. The normalized spacial score (nSPS) is 10.9. The zero-order valence-corrected chi connectivity index (χ0v) is 12.9. The Kier molecular flexibility index (Phi) is 3.90. The number of aromatic carboxylic acids is 1. The Morgan fingerprint density at radius 2 is 2.00 bits per heavy atom. The van der Waals surface area contributed by atoms with Crippen LogP contribution in [0.5, 0.6) is 0 Å². The number of hydrogen-bond donors (Lipinski definition) is 1. The summed E-state index contributed by atoms with van der Waals surface area (Å²) in [5.41, 5.74) is 1.85. The minimum atomic E-state index is -0.878. The highest BCUT2D eigenvalue weighted by Crippen LogP contribution is 2.34. The predicted octanol–water partition coefficient (Wildman–Crippen LogP) is 3.99. The molecule has 0 radical (unpaired) electrons. The van der Waals surface area contributed by atoms with Crippen LogP contribution in [0.4, 0.5) is 0 Å². The molecule has 21 heavy (non-hydrogen) atoms. The maximum Gasteiger partial charge on any atom is 0.346 e. The van der Waals surface area contributed by atoms with Crippen LogP contribution < -0.4 is 0 Å². The lowest BCUT2D eigenvalue weighted by Crippen LogP contribution is -1.97. The maximum absolute atomic E-state index is 11.4. The van der Waals surface area contributed by atoms with Crippen molar-refractivity contribution in [2.24, 2.45) is 0 Å². The van der Waals surface area contributed by atoms with Gasteiger partial charge in [-0.3, -0.25) is 0 Å². The Balaban J connectivity index is 1.93. The topological polar surface area (TPSA) is 63.1 Å². The average Bonchev–Trinajstić information content (AvgIpc) is 2.86. The van der Waals surface area contributed by atoms with E-state index in [4.69, 9.17) is 0 Å². The van der Waals surface area contributed by atoms with E-state index in [1.807, 2.05) is 31.2 Å². The van der Waals surface area contributed by atoms with Crippen molar-refractivity contribution in [3.05, 3.63) is 52.7 Å². The number of carboxylic acid groups (broad SMARTS) is 1. The summed E-state index contributed by atoms with van der Waals surface area (Å²) in [6.45, 7) is 1.93. The summed E-state index contributed by atoms with van der Waals surface area (Å²) in [5, 5.41) is 11.0. The lowest BCUT2D eigenvalue weighted by atomic mass is 10.1. The number of rotatable bonds is 4. The van der Waals surface area contributed by atoms with Crippen LogP contribution >= 0.6 is 23.1 Å². The molecule has 0 spiro atoms. The van der Waals surface area contributed by atoms with Crippen LogP contribution in [0, 0.1) is 6.92 Å². The van der Waals surface area contributed by atoms with E-state index in [2.05, 4.69) is 9.97 Å². The predicted molar refractivity (Wildman–Crippen MR) is 85.1 cm³/mol. The highest BCUT2D eigenvalue weighted by atomic mass is 32.2. The van der Waals surface area contributed by atoms with E-state index in [1.165, 1.54) is 23.1 Å². The van der Waals surface area contributed by atoms with Gasteiger partial charge in [-0.15, -0.1) is 11.3 Å². The number of thioether (sulfide) groups is 1. The first-order valence-electron chi connectivity index (χ1n) is 6.30. The van der Waals surface area contributed by atoms with Crippen molar-refractivity contribution < 1.29 is 9.90 Å². The molecule has 1 N–H and O–H groups in total. The second-order valence-corrected chi connectivity index (χ2v) is 6.54. The van der Waals surface area contributed by atoms with Gasteiger partial charge in [-0.05, 0) is 29.5 Å². The number of fused-ring (bicyclic) bond motifs is 1. The molecule has 106 valence electrons. The molecule has 2 aromatic heterocycles. The monoisotopic (exact) mass is 316 g/mol. The molecule has 0 saturated heterocycles. The fraction of sp³-hybridized carbons (Fsp3) is 0.133. The summed E-state index contributed by atoms with van der Waals surface area (Å²) in [6, 6.07) is 7.76. The van der Waals surface area contributed by atoms with Gasteiger partial charge in [-0.25, -0.2) is 14.8 Å². The van der Waals surface area contributed by atoms with Crippen LogP contribution in [-0.2, 0) is 5.75 Å². The van der Waals surface area contributed by atoms with Gasteiger partial charge in [-0.2, -0.15) is 0 Å². The van der Waals surface area contributed by atoms with Crippen LogP contribution in [0.25, 0.3) is 10.1 Å². The van der Waals surface area contributed by atoms with Gasteiger partial charge in [-0.1, -0.05) is 30.0 Å². The summed E-state index contributed by atoms with van der Waals surface area (Å²) >= 11 is 2.77. The van der Waals surface area contributed by atoms with Gasteiger partial charge >= 0.3 is 5.97 Å². The van der Waals surface area contributed by atoms with E-state index in [1.54, 1.807) is 12.4 Å².